The highest BCUT2D eigenvalue weighted by Crippen LogP contribution is 2.20. The number of ether oxygens (including phenoxy) is 1. The molecule has 2 aromatic carbocycles. The molecule has 1 aliphatic heterocycles. The van der Waals surface area contributed by atoms with Crippen molar-refractivity contribution in [3.63, 3.8) is 0 Å². The average molecular weight is 435 g/mol. The third kappa shape index (κ3) is 5.82. The second-order valence-electron chi connectivity index (χ2n) is 6.79. The van der Waals surface area contributed by atoms with E-state index in [1.165, 1.54) is 15.9 Å². The molecular formula is C21H26N2O4S2. The van der Waals surface area contributed by atoms with Gasteiger partial charge in [-0.1, -0.05) is 36.4 Å². The lowest BCUT2D eigenvalue weighted by atomic mass is 10.1. The van der Waals surface area contributed by atoms with Crippen LogP contribution in [0.2, 0.25) is 0 Å². The van der Waals surface area contributed by atoms with Gasteiger partial charge in [-0.25, -0.2) is 8.42 Å². The molecule has 0 radical (unpaired) electrons. The number of sulfonamides is 1. The fourth-order valence-electron chi connectivity index (χ4n) is 3.04. The van der Waals surface area contributed by atoms with Crippen LogP contribution in [0, 0.1) is 6.92 Å². The van der Waals surface area contributed by atoms with Crippen LogP contribution in [0.25, 0.3) is 0 Å². The molecule has 3 rings (SSSR count). The van der Waals surface area contributed by atoms with Crippen molar-refractivity contribution in [3.8, 4) is 0 Å². The summed E-state index contributed by atoms with van der Waals surface area (Å²) in [6, 6.07) is 14.9. The lowest BCUT2D eigenvalue weighted by molar-refractivity contribution is 0.0730. The van der Waals surface area contributed by atoms with E-state index in [1.54, 1.807) is 23.9 Å². The molecule has 1 saturated heterocycles. The summed E-state index contributed by atoms with van der Waals surface area (Å²) in [5.41, 5.74) is 2.40. The maximum atomic E-state index is 12.8. The first-order chi connectivity index (χ1) is 14.0. The van der Waals surface area contributed by atoms with Crippen LogP contribution in [-0.4, -0.2) is 57.2 Å². The number of nitrogens with zero attached hydrogens (tertiary/aromatic N) is 1. The van der Waals surface area contributed by atoms with Crippen LogP contribution in [0.1, 0.15) is 21.5 Å². The predicted molar refractivity (Wildman–Crippen MR) is 116 cm³/mol. The second-order valence-corrected chi connectivity index (χ2v) is 9.83. The number of amides is 1. The minimum absolute atomic E-state index is 0.147. The molecule has 6 nitrogen and oxygen atoms in total. The molecule has 1 heterocycles. The minimum Gasteiger partial charge on any atom is -0.379 e. The van der Waals surface area contributed by atoms with Crippen LogP contribution in [-0.2, 0) is 20.5 Å². The molecule has 0 spiro atoms. The number of aryl methyl sites for hydroxylation is 1. The van der Waals surface area contributed by atoms with Gasteiger partial charge in [-0.05, 0) is 30.2 Å². The largest absolute Gasteiger partial charge is 0.379 e. The molecule has 2 aromatic rings. The summed E-state index contributed by atoms with van der Waals surface area (Å²) in [5, 5.41) is 2.90. The normalized spacial score (nSPS) is 15.2. The zero-order valence-electron chi connectivity index (χ0n) is 16.5. The van der Waals surface area contributed by atoms with E-state index in [4.69, 9.17) is 4.74 Å². The van der Waals surface area contributed by atoms with E-state index >= 15 is 0 Å². The highest BCUT2D eigenvalue weighted by Gasteiger charge is 2.27. The van der Waals surface area contributed by atoms with Crippen molar-refractivity contribution in [2.75, 3.05) is 38.6 Å². The fourth-order valence-corrected chi connectivity index (χ4v) is 5.29. The van der Waals surface area contributed by atoms with E-state index in [1.807, 2.05) is 25.1 Å². The summed E-state index contributed by atoms with van der Waals surface area (Å²) in [5.74, 6) is 1.43. The highest BCUT2D eigenvalue weighted by molar-refractivity contribution is 7.98. The Bertz CT molecular complexity index is 927. The van der Waals surface area contributed by atoms with Crippen LogP contribution in [0.3, 0.4) is 0 Å². The summed E-state index contributed by atoms with van der Waals surface area (Å²) >= 11 is 1.74. The minimum atomic E-state index is -3.63. The zero-order valence-corrected chi connectivity index (χ0v) is 18.1. The molecule has 29 heavy (non-hydrogen) atoms. The van der Waals surface area contributed by atoms with Gasteiger partial charge in [0, 0.05) is 36.7 Å². The molecule has 8 heteroatoms. The number of rotatable bonds is 8. The number of thioether (sulfide) groups is 1. The zero-order chi connectivity index (χ0) is 20.7. The fraction of sp³-hybridized carbons (Fsp3) is 0.381. The topological polar surface area (TPSA) is 75.7 Å². The summed E-state index contributed by atoms with van der Waals surface area (Å²) in [4.78, 5) is 12.8. The van der Waals surface area contributed by atoms with Crippen molar-refractivity contribution in [1.82, 2.24) is 9.62 Å². The van der Waals surface area contributed by atoms with Crippen LogP contribution in [0.5, 0.6) is 0 Å². The molecule has 0 aliphatic carbocycles. The van der Waals surface area contributed by atoms with Gasteiger partial charge in [0.25, 0.3) is 5.91 Å². The van der Waals surface area contributed by atoms with Crippen LogP contribution >= 0.6 is 11.8 Å². The third-order valence-electron chi connectivity index (χ3n) is 4.71. The van der Waals surface area contributed by atoms with Crippen LogP contribution in [0.4, 0.5) is 0 Å². The van der Waals surface area contributed by atoms with Crippen molar-refractivity contribution in [2.24, 2.45) is 0 Å². The summed E-state index contributed by atoms with van der Waals surface area (Å²) in [7, 11) is -3.63. The van der Waals surface area contributed by atoms with Gasteiger partial charge in [-0.15, -0.1) is 0 Å². The molecule has 1 aliphatic rings. The highest BCUT2D eigenvalue weighted by atomic mass is 32.2. The lowest BCUT2D eigenvalue weighted by Crippen LogP contribution is -2.40. The quantitative estimate of drug-likeness (QED) is 0.647. The standard InChI is InChI=1S/C21H26N2O4S2/c1-17-7-8-19(29(25,26)23-10-12-27-13-11-23)15-20(17)21(24)22-9-14-28-16-18-5-3-2-4-6-18/h2-8,15H,9-14,16H2,1H3,(H,22,24). The van der Waals surface area contributed by atoms with Gasteiger partial charge in [-0.3, -0.25) is 4.79 Å². The van der Waals surface area contributed by atoms with E-state index in [2.05, 4.69) is 17.4 Å². The van der Waals surface area contributed by atoms with Crippen molar-refractivity contribution in [3.05, 3.63) is 65.2 Å². The van der Waals surface area contributed by atoms with E-state index < -0.39 is 10.0 Å². The Morgan fingerprint density at radius 1 is 1.14 bits per heavy atom. The SMILES string of the molecule is Cc1ccc(S(=O)(=O)N2CCOCC2)cc1C(=O)NCCSCc1ccccc1. The smallest absolute Gasteiger partial charge is 0.251 e. The number of morpholine rings is 1. The Hall–Kier alpha value is -1.87. The number of benzene rings is 2. The van der Waals surface area contributed by atoms with Gasteiger partial charge in [0.15, 0.2) is 0 Å². The molecule has 1 N–H and O–H groups in total. The van der Waals surface area contributed by atoms with Gasteiger partial charge < -0.3 is 10.1 Å². The number of carbonyl (C=O) groups is 1. The third-order valence-corrected chi connectivity index (χ3v) is 7.63. The van der Waals surface area contributed by atoms with Gasteiger partial charge in [-0.2, -0.15) is 16.1 Å². The molecule has 0 atom stereocenters. The molecule has 1 fully saturated rings. The van der Waals surface area contributed by atoms with Gasteiger partial charge in [0.1, 0.15) is 0 Å². The predicted octanol–water partition coefficient (Wildman–Crippen LogP) is 2.68. The Morgan fingerprint density at radius 2 is 1.86 bits per heavy atom. The van der Waals surface area contributed by atoms with E-state index in [9.17, 15) is 13.2 Å². The monoisotopic (exact) mass is 434 g/mol. The maximum absolute atomic E-state index is 12.8. The lowest BCUT2D eigenvalue weighted by Gasteiger charge is -2.26. The molecular weight excluding hydrogens is 408 g/mol. The first kappa shape index (κ1) is 21.8. The van der Waals surface area contributed by atoms with Crippen molar-refractivity contribution >= 4 is 27.7 Å². The van der Waals surface area contributed by atoms with Crippen molar-refractivity contribution < 1.29 is 17.9 Å². The molecule has 0 bridgehead atoms. The average Bonchev–Trinajstić information content (AvgIpc) is 2.75. The Kier molecular flexibility index (Phi) is 7.71. The molecule has 0 unspecified atom stereocenters. The first-order valence-corrected chi connectivity index (χ1v) is 12.2. The van der Waals surface area contributed by atoms with Crippen molar-refractivity contribution in [1.29, 1.82) is 0 Å². The Morgan fingerprint density at radius 3 is 2.59 bits per heavy atom. The number of carbonyl (C=O) groups excluding carboxylic acids is 1. The first-order valence-electron chi connectivity index (χ1n) is 9.57. The maximum Gasteiger partial charge on any atom is 0.251 e. The molecule has 0 saturated carbocycles. The number of hydrogen-bond acceptors (Lipinski definition) is 5. The van der Waals surface area contributed by atoms with E-state index in [0.717, 1.165) is 17.1 Å². The van der Waals surface area contributed by atoms with Gasteiger partial charge >= 0.3 is 0 Å². The summed E-state index contributed by atoms with van der Waals surface area (Å²) < 4.78 is 32.3. The van der Waals surface area contributed by atoms with Crippen molar-refractivity contribution in [2.45, 2.75) is 17.6 Å². The summed E-state index contributed by atoms with van der Waals surface area (Å²) in [6.07, 6.45) is 0. The molecule has 0 aromatic heterocycles. The Balaban J connectivity index is 1.58. The van der Waals surface area contributed by atoms with E-state index in [0.29, 0.717) is 38.4 Å². The van der Waals surface area contributed by atoms with Crippen LogP contribution in [0.15, 0.2) is 53.4 Å². The Labute approximate surface area is 176 Å². The summed E-state index contributed by atoms with van der Waals surface area (Å²) in [6.45, 7) is 3.77. The van der Waals surface area contributed by atoms with E-state index in [-0.39, 0.29) is 10.8 Å². The molecule has 156 valence electrons. The second kappa shape index (κ2) is 10.2. The molecule has 1 amide bonds. The van der Waals surface area contributed by atoms with Gasteiger partial charge in [0.05, 0.1) is 18.1 Å². The number of nitrogens with one attached hydrogen (secondary N) is 1. The van der Waals surface area contributed by atoms with Gasteiger partial charge in [0.2, 0.25) is 10.0 Å². The van der Waals surface area contributed by atoms with Crippen LogP contribution < -0.4 is 5.32 Å². The number of hydrogen-bond donors (Lipinski definition) is 1.